The van der Waals surface area contributed by atoms with Crippen molar-refractivity contribution in [1.82, 2.24) is 9.88 Å². The molecule has 0 aliphatic carbocycles. The van der Waals surface area contributed by atoms with Crippen LogP contribution in [0.4, 0.5) is 4.39 Å². The molecule has 19 heavy (non-hydrogen) atoms. The predicted octanol–water partition coefficient (Wildman–Crippen LogP) is 2.92. The molecule has 0 spiro atoms. The van der Waals surface area contributed by atoms with Gasteiger partial charge in [-0.2, -0.15) is 0 Å². The van der Waals surface area contributed by atoms with E-state index in [1.807, 2.05) is 11.8 Å². The SMILES string of the molecule is Cc1nc2ccc(F)cc2cc1C(=O)N1CCCC1. The van der Waals surface area contributed by atoms with Gasteiger partial charge < -0.3 is 4.90 Å². The minimum absolute atomic E-state index is 0.00802. The normalized spacial score (nSPS) is 15.2. The highest BCUT2D eigenvalue weighted by molar-refractivity contribution is 5.98. The van der Waals surface area contributed by atoms with Crippen molar-refractivity contribution in [1.29, 1.82) is 0 Å². The van der Waals surface area contributed by atoms with Crippen molar-refractivity contribution in [2.45, 2.75) is 19.8 Å². The average molecular weight is 258 g/mol. The van der Waals surface area contributed by atoms with Crippen LogP contribution >= 0.6 is 0 Å². The number of pyridine rings is 1. The van der Waals surface area contributed by atoms with Gasteiger partial charge in [0.05, 0.1) is 16.8 Å². The molecule has 3 nitrogen and oxygen atoms in total. The van der Waals surface area contributed by atoms with Gasteiger partial charge in [0.1, 0.15) is 5.82 Å². The fourth-order valence-electron chi connectivity index (χ4n) is 2.55. The molecule has 1 aromatic carbocycles. The zero-order chi connectivity index (χ0) is 13.4. The molecule has 1 aliphatic rings. The van der Waals surface area contributed by atoms with E-state index >= 15 is 0 Å². The average Bonchev–Trinajstić information content (AvgIpc) is 2.91. The highest BCUT2D eigenvalue weighted by atomic mass is 19.1. The number of likely N-dealkylation sites (tertiary alicyclic amines) is 1. The fourth-order valence-corrected chi connectivity index (χ4v) is 2.55. The summed E-state index contributed by atoms with van der Waals surface area (Å²) < 4.78 is 13.2. The molecule has 4 heteroatoms. The molecular weight excluding hydrogens is 243 g/mol. The summed E-state index contributed by atoms with van der Waals surface area (Å²) in [6.45, 7) is 3.44. The van der Waals surface area contributed by atoms with Crippen molar-refractivity contribution in [2.24, 2.45) is 0 Å². The van der Waals surface area contributed by atoms with Crippen molar-refractivity contribution in [2.75, 3.05) is 13.1 Å². The van der Waals surface area contributed by atoms with Gasteiger partial charge in [-0.15, -0.1) is 0 Å². The maximum absolute atomic E-state index is 13.2. The number of carbonyl (C=O) groups is 1. The third kappa shape index (κ3) is 2.18. The van der Waals surface area contributed by atoms with E-state index < -0.39 is 0 Å². The van der Waals surface area contributed by atoms with Crippen LogP contribution in [-0.4, -0.2) is 28.9 Å². The Labute approximate surface area is 111 Å². The summed E-state index contributed by atoms with van der Waals surface area (Å²) in [5.41, 5.74) is 2.01. The third-order valence-corrected chi connectivity index (χ3v) is 3.59. The lowest BCUT2D eigenvalue weighted by Crippen LogP contribution is -2.28. The van der Waals surface area contributed by atoms with Crippen LogP contribution in [0.15, 0.2) is 24.3 Å². The lowest BCUT2D eigenvalue weighted by atomic mass is 10.1. The molecule has 1 aromatic heterocycles. The number of amides is 1. The summed E-state index contributed by atoms with van der Waals surface area (Å²) in [6, 6.07) is 6.20. The van der Waals surface area contributed by atoms with E-state index in [1.165, 1.54) is 12.1 Å². The number of benzene rings is 1. The van der Waals surface area contributed by atoms with Gasteiger partial charge in [0.2, 0.25) is 0 Å². The molecule has 2 heterocycles. The first-order chi connectivity index (χ1) is 9.15. The summed E-state index contributed by atoms with van der Waals surface area (Å²) in [6.07, 6.45) is 2.11. The van der Waals surface area contributed by atoms with Gasteiger partial charge in [0.15, 0.2) is 0 Å². The Kier molecular flexibility index (Phi) is 2.93. The monoisotopic (exact) mass is 258 g/mol. The van der Waals surface area contributed by atoms with E-state index in [0.717, 1.165) is 31.4 Å². The number of aromatic nitrogens is 1. The number of nitrogens with zero attached hydrogens (tertiary/aromatic N) is 2. The van der Waals surface area contributed by atoms with E-state index in [-0.39, 0.29) is 11.7 Å². The van der Waals surface area contributed by atoms with E-state index in [9.17, 15) is 9.18 Å². The second-order valence-electron chi connectivity index (χ2n) is 4.96. The maximum atomic E-state index is 13.2. The number of hydrogen-bond acceptors (Lipinski definition) is 2. The molecule has 1 fully saturated rings. The minimum atomic E-state index is -0.308. The Hall–Kier alpha value is -1.97. The third-order valence-electron chi connectivity index (χ3n) is 3.59. The van der Waals surface area contributed by atoms with Crippen LogP contribution in [-0.2, 0) is 0 Å². The molecule has 0 saturated carbocycles. The Morgan fingerprint density at radius 1 is 1.26 bits per heavy atom. The summed E-state index contributed by atoms with van der Waals surface area (Å²) in [5, 5.41) is 0.674. The Morgan fingerprint density at radius 2 is 2.00 bits per heavy atom. The van der Waals surface area contributed by atoms with Crippen LogP contribution in [0.1, 0.15) is 28.9 Å². The van der Waals surface area contributed by atoms with E-state index in [4.69, 9.17) is 0 Å². The molecule has 1 amide bonds. The molecular formula is C15H15FN2O. The van der Waals surface area contributed by atoms with Crippen molar-refractivity contribution in [3.8, 4) is 0 Å². The Bertz CT molecular complexity index is 648. The molecule has 0 radical (unpaired) electrons. The van der Waals surface area contributed by atoms with Gasteiger partial charge in [-0.1, -0.05) is 0 Å². The lowest BCUT2D eigenvalue weighted by Gasteiger charge is -2.16. The summed E-state index contributed by atoms with van der Waals surface area (Å²) in [5.74, 6) is -0.300. The lowest BCUT2D eigenvalue weighted by molar-refractivity contribution is 0.0792. The van der Waals surface area contributed by atoms with Crippen LogP contribution in [0.3, 0.4) is 0 Å². The van der Waals surface area contributed by atoms with Crippen LogP contribution in [0.2, 0.25) is 0 Å². The molecule has 1 aliphatic heterocycles. The molecule has 0 unspecified atom stereocenters. The largest absolute Gasteiger partial charge is 0.339 e. The molecule has 2 aromatic rings. The van der Waals surface area contributed by atoms with Crippen molar-refractivity contribution < 1.29 is 9.18 Å². The summed E-state index contributed by atoms with van der Waals surface area (Å²) in [7, 11) is 0. The van der Waals surface area contributed by atoms with Crippen LogP contribution in [0.5, 0.6) is 0 Å². The summed E-state index contributed by atoms with van der Waals surface area (Å²) >= 11 is 0. The van der Waals surface area contributed by atoms with Crippen LogP contribution in [0.25, 0.3) is 10.9 Å². The molecule has 98 valence electrons. The van der Waals surface area contributed by atoms with Gasteiger partial charge in [-0.25, -0.2) is 4.39 Å². The first-order valence-electron chi connectivity index (χ1n) is 6.51. The van der Waals surface area contributed by atoms with Crippen molar-refractivity contribution >= 4 is 16.8 Å². The molecule has 1 saturated heterocycles. The zero-order valence-electron chi connectivity index (χ0n) is 10.8. The molecule has 0 N–H and O–H groups in total. The Balaban J connectivity index is 2.07. The van der Waals surface area contributed by atoms with Crippen LogP contribution < -0.4 is 0 Å². The van der Waals surface area contributed by atoms with Crippen molar-refractivity contribution in [3.63, 3.8) is 0 Å². The number of hydrogen-bond donors (Lipinski definition) is 0. The highest BCUT2D eigenvalue weighted by Gasteiger charge is 2.21. The molecule has 3 rings (SSSR count). The van der Waals surface area contributed by atoms with Gasteiger partial charge in [-0.3, -0.25) is 9.78 Å². The van der Waals surface area contributed by atoms with Crippen LogP contribution in [0, 0.1) is 12.7 Å². The second kappa shape index (κ2) is 4.61. The fraction of sp³-hybridized carbons (Fsp3) is 0.333. The second-order valence-corrected chi connectivity index (χ2v) is 4.96. The molecule has 0 atom stereocenters. The molecule has 0 bridgehead atoms. The zero-order valence-corrected chi connectivity index (χ0v) is 10.8. The smallest absolute Gasteiger partial charge is 0.255 e. The van der Waals surface area contributed by atoms with E-state index in [2.05, 4.69) is 4.98 Å². The first-order valence-corrected chi connectivity index (χ1v) is 6.51. The summed E-state index contributed by atoms with van der Waals surface area (Å²) in [4.78, 5) is 18.6. The quantitative estimate of drug-likeness (QED) is 0.788. The number of halogens is 1. The Morgan fingerprint density at radius 3 is 2.74 bits per heavy atom. The predicted molar refractivity (Wildman–Crippen MR) is 71.6 cm³/mol. The number of carbonyl (C=O) groups excluding carboxylic acids is 1. The number of rotatable bonds is 1. The number of aryl methyl sites for hydroxylation is 1. The number of fused-ring (bicyclic) bond motifs is 1. The van der Waals surface area contributed by atoms with Gasteiger partial charge >= 0.3 is 0 Å². The topological polar surface area (TPSA) is 33.2 Å². The van der Waals surface area contributed by atoms with Gasteiger partial charge in [0, 0.05) is 18.5 Å². The van der Waals surface area contributed by atoms with Gasteiger partial charge in [0.25, 0.3) is 5.91 Å². The minimum Gasteiger partial charge on any atom is -0.339 e. The van der Waals surface area contributed by atoms with E-state index in [0.29, 0.717) is 16.6 Å². The van der Waals surface area contributed by atoms with Crippen molar-refractivity contribution in [3.05, 3.63) is 41.3 Å². The maximum Gasteiger partial charge on any atom is 0.255 e. The van der Waals surface area contributed by atoms with Gasteiger partial charge in [-0.05, 0) is 44.0 Å². The first kappa shape index (κ1) is 12.1. The van der Waals surface area contributed by atoms with E-state index in [1.54, 1.807) is 12.1 Å². The highest BCUT2D eigenvalue weighted by Crippen LogP contribution is 2.20. The standard InChI is InChI=1S/C15H15FN2O/c1-10-13(15(19)18-6-2-3-7-18)9-11-8-12(16)4-5-14(11)17-10/h4-5,8-9H,2-3,6-7H2,1H3.